The predicted molar refractivity (Wildman–Crippen MR) is 68.7 cm³/mol. The number of hydrogen-bond donors (Lipinski definition) is 2. The van der Waals surface area contributed by atoms with Crippen LogP contribution in [0.15, 0.2) is 18.2 Å². The third-order valence-electron chi connectivity index (χ3n) is 3.16. The molecule has 2 rings (SSSR count). The van der Waals surface area contributed by atoms with E-state index in [1.54, 1.807) is 18.2 Å². The number of nitrogens with two attached hydrogens (primary N) is 1. The molecule has 1 atom stereocenters. The van der Waals surface area contributed by atoms with Crippen molar-refractivity contribution in [3.63, 3.8) is 0 Å². The van der Waals surface area contributed by atoms with Crippen molar-refractivity contribution in [3.8, 4) is 5.75 Å². The van der Waals surface area contributed by atoms with E-state index in [4.69, 9.17) is 15.2 Å². The highest BCUT2D eigenvalue weighted by Crippen LogP contribution is 2.26. The minimum Gasteiger partial charge on any atom is -0.495 e. The van der Waals surface area contributed by atoms with E-state index in [1.165, 1.54) is 7.11 Å². The smallest absolute Gasteiger partial charge is 0.254 e. The minimum absolute atomic E-state index is 0.195. The van der Waals surface area contributed by atoms with Crippen LogP contribution in [0.3, 0.4) is 0 Å². The van der Waals surface area contributed by atoms with Gasteiger partial charge in [-0.05, 0) is 25.5 Å². The fourth-order valence-electron chi connectivity index (χ4n) is 2.03. The summed E-state index contributed by atoms with van der Waals surface area (Å²) in [5.41, 5.74) is 6.38. The van der Waals surface area contributed by atoms with Crippen LogP contribution in [-0.2, 0) is 4.74 Å². The Labute approximate surface area is 106 Å². The number of anilines is 1. The zero-order chi connectivity index (χ0) is 13.2. The molecule has 1 unspecified atom stereocenters. The van der Waals surface area contributed by atoms with Gasteiger partial charge in [-0.25, -0.2) is 0 Å². The summed E-state index contributed by atoms with van der Waals surface area (Å²) in [5, 5.41) is 2.96. The molecule has 3 N–H and O–H groups in total. The van der Waals surface area contributed by atoms with Crippen LogP contribution in [0.2, 0.25) is 0 Å². The van der Waals surface area contributed by atoms with Gasteiger partial charge in [-0.15, -0.1) is 0 Å². The van der Waals surface area contributed by atoms with Gasteiger partial charge in [0.25, 0.3) is 5.91 Å². The zero-order valence-corrected chi connectivity index (χ0v) is 10.7. The number of nitrogen functional groups attached to an aromatic ring is 1. The van der Waals surface area contributed by atoms with Crippen molar-refractivity contribution >= 4 is 11.6 Å². The number of carbonyl (C=O) groups is 1. The number of carbonyl (C=O) groups excluding carboxylic acids is 1. The summed E-state index contributed by atoms with van der Waals surface area (Å²) in [6.07, 6.45) is 0.808. The normalized spacial score (nSPS) is 22.8. The van der Waals surface area contributed by atoms with Gasteiger partial charge in [-0.3, -0.25) is 4.79 Å². The maximum absolute atomic E-state index is 12.2. The molecule has 1 aromatic rings. The molecular formula is C13H18N2O3. The number of amides is 1. The predicted octanol–water partition coefficient (Wildman–Crippen LogP) is 1.19. The van der Waals surface area contributed by atoms with Gasteiger partial charge in [0.15, 0.2) is 0 Å². The molecule has 0 aromatic heterocycles. The number of nitrogens with one attached hydrogen (secondary N) is 1. The highest BCUT2D eigenvalue weighted by molar-refractivity contribution is 6.00. The molecule has 1 aromatic carbocycles. The lowest BCUT2D eigenvalue weighted by Gasteiger charge is -2.24. The van der Waals surface area contributed by atoms with Gasteiger partial charge in [0.2, 0.25) is 0 Å². The lowest BCUT2D eigenvalue weighted by Crippen LogP contribution is -2.46. The van der Waals surface area contributed by atoms with Gasteiger partial charge in [0.05, 0.1) is 30.5 Å². The third kappa shape index (κ3) is 2.41. The van der Waals surface area contributed by atoms with Crippen LogP contribution in [0, 0.1) is 0 Å². The third-order valence-corrected chi connectivity index (χ3v) is 3.16. The summed E-state index contributed by atoms with van der Waals surface area (Å²) in [6, 6.07) is 5.16. The fourth-order valence-corrected chi connectivity index (χ4v) is 2.03. The molecule has 0 aliphatic carbocycles. The molecule has 5 nitrogen and oxygen atoms in total. The Morgan fingerprint density at radius 2 is 2.33 bits per heavy atom. The first-order chi connectivity index (χ1) is 8.56. The Hall–Kier alpha value is -1.75. The second kappa shape index (κ2) is 4.86. The summed E-state index contributed by atoms with van der Waals surface area (Å²) in [5.74, 6) is 0.315. The molecule has 5 heteroatoms. The largest absolute Gasteiger partial charge is 0.495 e. The Morgan fingerprint density at radius 3 is 2.94 bits per heavy atom. The zero-order valence-electron chi connectivity index (χ0n) is 10.7. The molecule has 1 saturated heterocycles. The topological polar surface area (TPSA) is 73.6 Å². The molecule has 0 bridgehead atoms. The molecule has 0 spiro atoms. The van der Waals surface area contributed by atoms with Gasteiger partial charge in [-0.2, -0.15) is 0 Å². The summed E-state index contributed by atoms with van der Waals surface area (Å²) in [7, 11) is 1.53. The van der Waals surface area contributed by atoms with E-state index >= 15 is 0 Å². The maximum Gasteiger partial charge on any atom is 0.254 e. The van der Waals surface area contributed by atoms with Gasteiger partial charge < -0.3 is 20.5 Å². The van der Waals surface area contributed by atoms with E-state index in [0.29, 0.717) is 30.2 Å². The van der Waals surface area contributed by atoms with Gasteiger partial charge in [-0.1, -0.05) is 6.07 Å². The van der Waals surface area contributed by atoms with Crippen LogP contribution in [-0.4, -0.2) is 31.8 Å². The average molecular weight is 250 g/mol. The van der Waals surface area contributed by atoms with Crippen molar-refractivity contribution in [1.29, 1.82) is 0 Å². The van der Waals surface area contributed by atoms with E-state index in [-0.39, 0.29) is 11.4 Å². The van der Waals surface area contributed by atoms with Gasteiger partial charge in [0, 0.05) is 6.61 Å². The van der Waals surface area contributed by atoms with Crippen molar-refractivity contribution < 1.29 is 14.3 Å². The van der Waals surface area contributed by atoms with Crippen molar-refractivity contribution in [3.05, 3.63) is 23.8 Å². The second-order valence-electron chi connectivity index (χ2n) is 4.74. The Balaban J connectivity index is 2.18. The number of ether oxygens (including phenoxy) is 2. The van der Waals surface area contributed by atoms with Crippen LogP contribution in [0.25, 0.3) is 0 Å². The first-order valence-corrected chi connectivity index (χ1v) is 5.88. The number of benzene rings is 1. The van der Waals surface area contributed by atoms with Crippen LogP contribution in [0.5, 0.6) is 5.75 Å². The molecular weight excluding hydrogens is 232 g/mol. The maximum atomic E-state index is 12.2. The van der Waals surface area contributed by atoms with Crippen LogP contribution in [0.1, 0.15) is 23.7 Å². The summed E-state index contributed by atoms with van der Waals surface area (Å²) >= 11 is 0. The number of methoxy groups -OCH3 is 1. The van der Waals surface area contributed by atoms with E-state index < -0.39 is 0 Å². The standard InChI is InChI=1S/C13H18N2O3/c1-13(6-7-18-8-13)15-12(16)9-4-3-5-10(17-2)11(9)14/h3-5H,6-8,14H2,1-2H3,(H,15,16). The van der Waals surface area contributed by atoms with Crippen molar-refractivity contribution in [2.75, 3.05) is 26.1 Å². The van der Waals surface area contributed by atoms with E-state index in [1.807, 2.05) is 6.92 Å². The van der Waals surface area contributed by atoms with E-state index in [2.05, 4.69) is 5.32 Å². The number of para-hydroxylation sites is 1. The number of hydrogen-bond acceptors (Lipinski definition) is 4. The van der Waals surface area contributed by atoms with Gasteiger partial charge >= 0.3 is 0 Å². The number of rotatable bonds is 3. The van der Waals surface area contributed by atoms with Crippen LogP contribution >= 0.6 is 0 Å². The first-order valence-electron chi connectivity index (χ1n) is 5.88. The molecule has 1 aliphatic heterocycles. The first kappa shape index (κ1) is 12.7. The second-order valence-corrected chi connectivity index (χ2v) is 4.74. The molecule has 1 amide bonds. The lowest BCUT2D eigenvalue weighted by atomic mass is 10.0. The van der Waals surface area contributed by atoms with Crippen LogP contribution in [0.4, 0.5) is 5.69 Å². The summed E-state index contributed by atoms with van der Waals surface area (Å²) in [4.78, 5) is 12.2. The van der Waals surface area contributed by atoms with E-state index in [9.17, 15) is 4.79 Å². The molecule has 0 radical (unpaired) electrons. The van der Waals surface area contributed by atoms with Crippen molar-refractivity contribution in [2.45, 2.75) is 18.9 Å². The molecule has 0 saturated carbocycles. The fraction of sp³-hybridized carbons (Fsp3) is 0.462. The SMILES string of the molecule is COc1cccc(C(=O)NC2(C)CCOC2)c1N. The van der Waals surface area contributed by atoms with E-state index in [0.717, 1.165) is 6.42 Å². The van der Waals surface area contributed by atoms with Crippen molar-refractivity contribution in [1.82, 2.24) is 5.32 Å². The molecule has 98 valence electrons. The molecule has 1 heterocycles. The monoisotopic (exact) mass is 250 g/mol. The Kier molecular flexibility index (Phi) is 3.43. The Bertz CT molecular complexity index is 454. The lowest BCUT2D eigenvalue weighted by molar-refractivity contribution is 0.0890. The van der Waals surface area contributed by atoms with Crippen LogP contribution < -0.4 is 15.8 Å². The van der Waals surface area contributed by atoms with Gasteiger partial charge in [0.1, 0.15) is 5.75 Å². The molecule has 18 heavy (non-hydrogen) atoms. The van der Waals surface area contributed by atoms with Crippen molar-refractivity contribution in [2.24, 2.45) is 0 Å². The highest BCUT2D eigenvalue weighted by atomic mass is 16.5. The molecule has 1 fully saturated rings. The minimum atomic E-state index is -0.313. The average Bonchev–Trinajstić information content (AvgIpc) is 2.76. The highest BCUT2D eigenvalue weighted by Gasteiger charge is 2.32. The quantitative estimate of drug-likeness (QED) is 0.790. The summed E-state index contributed by atoms with van der Waals surface area (Å²) < 4.78 is 10.4. The molecule has 1 aliphatic rings. The summed E-state index contributed by atoms with van der Waals surface area (Å²) in [6.45, 7) is 3.17. The Morgan fingerprint density at radius 1 is 1.56 bits per heavy atom.